The highest BCUT2D eigenvalue weighted by molar-refractivity contribution is 7.17. The molecular weight excluding hydrogens is 346 g/mol. The number of rotatable bonds is 7. The van der Waals surface area contributed by atoms with Crippen molar-refractivity contribution in [1.82, 2.24) is 5.32 Å². The summed E-state index contributed by atoms with van der Waals surface area (Å²) in [7, 11) is 0. The van der Waals surface area contributed by atoms with Crippen LogP contribution in [-0.2, 0) is 0 Å². The van der Waals surface area contributed by atoms with Crippen LogP contribution in [0.1, 0.15) is 49.7 Å². The van der Waals surface area contributed by atoms with Crippen LogP contribution in [0.2, 0.25) is 0 Å². The molecule has 5 heteroatoms. The lowest BCUT2D eigenvalue weighted by molar-refractivity contribution is 0.0942. The van der Waals surface area contributed by atoms with Gasteiger partial charge in [0.1, 0.15) is 13.2 Å². The van der Waals surface area contributed by atoms with Gasteiger partial charge in [-0.05, 0) is 55.2 Å². The van der Waals surface area contributed by atoms with Crippen LogP contribution in [0.25, 0.3) is 10.4 Å². The van der Waals surface area contributed by atoms with Gasteiger partial charge in [-0.15, -0.1) is 11.3 Å². The first kappa shape index (κ1) is 18.8. The van der Waals surface area contributed by atoms with E-state index in [1.807, 2.05) is 30.3 Å². The Hall–Kier alpha value is -2.01. The van der Waals surface area contributed by atoms with Crippen molar-refractivity contribution >= 4 is 17.2 Å². The third-order valence-electron chi connectivity index (χ3n) is 4.45. The van der Waals surface area contributed by atoms with Crippen molar-refractivity contribution in [3.05, 3.63) is 35.2 Å². The van der Waals surface area contributed by atoms with Crippen molar-refractivity contribution in [2.24, 2.45) is 5.92 Å². The number of nitrogens with one attached hydrogen (secondary N) is 1. The highest BCUT2D eigenvalue weighted by Gasteiger charge is 2.16. The second-order valence-corrected chi connectivity index (χ2v) is 8.31. The van der Waals surface area contributed by atoms with Gasteiger partial charge in [0.2, 0.25) is 0 Å². The summed E-state index contributed by atoms with van der Waals surface area (Å²) in [5, 5.41) is 3.11. The van der Waals surface area contributed by atoms with E-state index in [-0.39, 0.29) is 11.9 Å². The number of benzene rings is 1. The molecule has 0 bridgehead atoms. The zero-order chi connectivity index (χ0) is 18.5. The molecular formula is C21H27NO3S. The van der Waals surface area contributed by atoms with E-state index in [1.165, 1.54) is 17.8 Å². The molecule has 4 nitrogen and oxygen atoms in total. The standard InChI is InChI=1S/C21H27NO3S/c1-14(2)5-4-6-15(3)22-21(23)20-10-9-19(26-20)16-7-8-17-18(13-16)25-12-11-24-17/h7-10,13-15H,4-6,11-12H2,1-3H3,(H,22,23)/t15-/m0/s1. The molecule has 1 N–H and O–H groups in total. The van der Waals surface area contributed by atoms with E-state index in [9.17, 15) is 4.79 Å². The Labute approximate surface area is 159 Å². The molecule has 1 aliphatic heterocycles. The minimum atomic E-state index is 0.0100. The van der Waals surface area contributed by atoms with Gasteiger partial charge in [-0.25, -0.2) is 0 Å². The van der Waals surface area contributed by atoms with E-state index in [4.69, 9.17) is 9.47 Å². The van der Waals surface area contributed by atoms with Gasteiger partial charge in [0.15, 0.2) is 11.5 Å². The van der Waals surface area contributed by atoms with E-state index in [2.05, 4.69) is 26.1 Å². The first-order valence-electron chi connectivity index (χ1n) is 9.33. The van der Waals surface area contributed by atoms with Crippen molar-refractivity contribution in [2.45, 2.75) is 46.1 Å². The van der Waals surface area contributed by atoms with Crippen LogP contribution in [0.3, 0.4) is 0 Å². The Morgan fingerprint density at radius 3 is 2.62 bits per heavy atom. The smallest absolute Gasteiger partial charge is 0.261 e. The lowest BCUT2D eigenvalue weighted by atomic mass is 10.0. The number of carbonyl (C=O) groups excluding carboxylic acids is 1. The molecule has 0 unspecified atom stereocenters. The SMILES string of the molecule is CC(C)CCC[C@H](C)NC(=O)c1ccc(-c2ccc3c(c2)OCCO3)s1. The van der Waals surface area contributed by atoms with Gasteiger partial charge in [0.05, 0.1) is 4.88 Å². The summed E-state index contributed by atoms with van der Waals surface area (Å²) in [5.41, 5.74) is 1.04. The van der Waals surface area contributed by atoms with Crippen molar-refractivity contribution < 1.29 is 14.3 Å². The summed E-state index contributed by atoms with van der Waals surface area (Å²) < 4.78 is 11.2. The van der Waals surface area contributed by atoms with E-state index < -0.39 is 0 Å². The average Bonchev–Trinajstić information content (AvgIpc) is 3.11. The summed E-state index contributed by atoms with van der Waals surface area (Å²) in [6, 6.07) is 10.0. The van der Waals surface area contributed by atoms with Crippen molar-refractivity contribution in [1.29, 1.82) is 0 Å². The fourth-order valence-electron chi connectivity index (χ4n) is 3.01. The van der Waals surface area contributed by atoms with Crippen molar-refractivity contribution in [3.8, 4) is 21.9 Å². The molecule has 26 heavy (non-hydrogen) atoms. The van der Waals surface area contributed by atoms with Crippen LogP contribution in [0.4, 0.5) is 0 Å². The number of carbonyl (C=O) groups is 1. The molecule has 1 aromatic carbocycles. The van der Waals surface area contributed by atoms with Crippen LogP contribution in [0, 0.1) is 5.92 Å². The minimum absolute atomic E-state index is 0.0100. The van der Waals surface area contributed by atoms with Crippen molar-refractivity contribution in [2.75, 3.05) is 13.2 Å². The molecule has 0 spiro atoms. The zero-order valence-electron chi connectivity index (χ0n) is 15.7. The summed E-state index contributed by atoms with van der Waals surface area (Å²) in [4.78, 5) is 14.3. The summed E-state index contributed by atoms with van der Waals surface area (Å²) in [6.45, 7) is 7.70. The first-order valence-corrected chi connectivity index (χ1v) is 10.2. The highest BCUT2D eigenvalue weighted by Crippen LogP contribution is 2.36. The molecule has 2 aromatic rings. The summed E-state index contributed by atoms with van der Waals surface area (Å²) >= 11 is 1.51. The molecule has 0 saturated carbocycles. The Morgan fingerprint density at radius 2 is 1.85 bits per heavy atom. The molecule has 140 valence electrons. The highest BCUT2D eigenvalue weighted by atomic mass is 32.1. The van der Waals surface area contributed by atoms with E-state index >= 15 is 0 Å². The molecule has 1 aliphatic rings. The molecule has 3 rings (SSSR count). The van der Waals surface area contributed by atoms with Crippen LogP contribution in [0.15, 0.2) is 30.3 Å². The molecule has 0 radical (unpaired) electrons. The van der Waals surface area contributed by atoms with Gasteiger partial charge >= 0.3 is 0 Å². The maximum atomic E-state index is 12.5. The Morgan fingerprint density at radius 1 is 1.08 bits per heavy atom. The predicted molar refractivity (Wildman–Crippen MR) is 106 cm³/mol. The average molecular weight is 374 g/mol. The Bertz CT molecular complexity index is 753. The number of thiophene rings is 1. The number of hydrogen-bond acceptors (Lipinski definition) is 4. The topological polar surface area (TPSA) is 47.6 Å². The van der Waals surface area contributed by atoms with Gasteiger partial charge < -0.3 is 14.8 Å². The number of fused-ring (bicyclic) bond motifs is 1. The Kier molecular flexibility index (Phi) is 6.20. The van der Waals surface area contributed by atoms with Gasteiger partial charge in [0.25, 0.3) is 5.91 Å². The quantitative estimate of drug-likeness (QED) is 0.732. The minimum Gasteiger partial charge on any atom is -0.486 e. The predicted octanol–water partition coefficient (Wildman–Crippen LogP) is 5.13. The number of ether oxygens (including phenoxy) is 2. The van der Waals surface area contributed by atoms with E-state index in [0.717, 1.165) is 39.7 Å². The number of amides is 1. The lowest BCUT2D eigenvalue weighted by Gasteiger charge is -2.18. The molecule has 1 atom stereocenters. The fourth-order valence-corrected chi connectivity index (χ4v) is 3.92. The van der Waals surface area contributed by atoms with Crippen LogP contribution in [0.5, 0.6) is 11.5 Å². The van der Waals surface area contributed by atoms with E-state index in [1.54, 1.807) is 0 Å². The summed E-state index contributed by atoms with van der Waals surface area (Å²) in [6.07, 6.45) is 3.36. The molecule has 2 heterocycles. The second-order valence-electron chi connectivity index (χ2n) is 7.22. The van der Waals surface area contributed by atoms with Crippen molar-refractivity contribution in [3.63, 3.8) is 0 Å². The number of hydrogen-bond donors (Lipinski definition) is 1. The fraction of sp³-hybridized carbons (Fsp3) is 0.476. The third-order valence-corrected chi connectivity index (χ3v) is 5.59. The molecule has 1 amide bonds. The van der Waals surface area contributed by atoms with Gasteiger partial charge in [-0.2, -0.15) is 0 Å². The largest absolute Gasteiger partial charge is 0.486 e. The summed E-state index contributed by atoms with van der Waals surface area (Å²) in [5.74, 6) is 2.27. The van der Waals surface area contributed by atoms with Crippen LogP contribution < -0.4 is 14.8 Å². The first-order chi connectivity index (χ1) is 12.5. The maximum Gasteiger partial charge on any atom is 0.261 e. The van der Waals surface area contributed by atoms with Crippen LogP contribution >= 0.6 is 11.3 Å². The third kappa shape index (κ3) is 4.79. The lowest BCUT2D eigenvalue weighted by Crippen LogP contribution is -2.31. The molecule has 0 aliphatic carbocycles. The monoisotopic (exact) mass is 373 g/mol. The van der Waals surface area contributed by atoms with Gasteiger partial charge in [0, 0.05) is 10.9 Å². The molecule has 1 aromatic heterocycles. The normalized spacial score (nSPS) is 14.3. The molecule has 0 fully saturated rings. The van der Waals surface area contributed by atoms with Gasteiger partial charge in [-0.1, -0.05) is 26.7 Å². The van der Waals surface area contributed by atoms with Gasteiger partial charge in [-0.3, -0.25) is 4.79 Å². The van der Waals surface area contributed by atoms with E-state index in [0.29, 0.717) is 19.1 Å². The van der Waals surface area contributed by atoms with Crippen LogP contribution in [-0.4, -0.2) is 25.2 Å². The second kappa shape index (κ2) is 8.58. The molecule has 0 saturated heterocycles. The Balaban J connectivity index is 1.61. The zero-order valence-corrected chi connectivity index (χ0v) is 16.5. The maximum absolute atomic E-state index is 12.5.